The highest BCUT2D eigenvalue weighted by Gasteiger charge is 2.09. The molecule has 0 spiro atoms. The molecule has 1 aromatic heterocycles. The van der Waals surface area contributed by atoms with Crippen LogP contribution in [0.3, 0.4) is 0 Å². The number of hydrogen-bond acceptors (Lipinski definition) is 4. The summed E-state index contributed by atoms with van der Waals surface area (Å²) < 4.78 is 0. The van der Waals surface area contributed by atoms with Crippen molar-refractivity contribution < 1.29 is 4.79 Å². The van der Waals surface area contributed by atoms with Gasteiger partial charge in [-0.1, -0.05) is 41.9 Å². The first kappa shape index (κ1) is 17.5. The molecule has 1 amide bonds. The molecular formula is C20H15ClN4O. The van der Waals surface area contributed by atoms with Gasteiger partial charge in [-0.2, -0.15) is 5.26 Å². The molecule has 128 valence electrons. The number of benzene rings is 2. The third-order valence-electron chi connectivity index (χ3n) is 3.73. The lowest BCUT2D eigenvalue weighted by atomic mass is 10.2. The zero-order chi connectivity index (χ0) is 18.4. The van der Waals surface area contributed by atoms with Crippen LogP contribution in [0, 0.1) is 11.3 Å². The van der Waals surface area contributed by atoms with Crippen molar-refractivity contribution in [1.29, 1.82) is 5.26 Å². The maximum Gasteiger partial charge on any atom is 0.251 e. The molecule has 3 rings (SSSR count). The van der Waals surface area contributed by atoms with Gasteiger partial charge in [0.1, 0.15) is 11.9 Å². The number of nitrogens with one attached hydrogen (secondary N) is 2. The van der Waals surface area contributed by atoms with E-state index in [0.29, 0.717) is 34.2 Å². The Balaban J connectivity index is 1.71. The average molecular weight is 363 g/mol. The summed E-state index contributed by atoms with van der Waals surface area (Å²) in [7, 11) is 0. The van der Waals surface area contributed by atoms with Crippen molar-refractivity contribution in [3.05, 3.63) is 88.6 Å². The van der Waals surface area contributed by atoms with E-state index in [4.69, 9.17) is 16.9 Å². The lowest BCUT2D eigenvalue weighted by Gasteiger charge is -2.10. The zero-order valence-corrected chi connectivity index (χ0v) is 14.5. The van der Waals surface area contributed by atoms with E-state index >= 15 is 0 Å². The first-order valence-corrected chi connectivity index (χ1v) is 8.29. The number of amides is 1. The lowest BCUT2D eigenvalue weighted by molar-refractivity contribution is 0.0951. The molecule has 2 aromatic carbocycles. The molecule has 0 aliphatic rings. The Morgan fingerprint density at radius 2 is 1.88 bits per heavy atom. The molecule has 0 fully saturated rings. The molecule has 0 atom stereocenters. The van der Waals surface area contributed by atoms with Crippen LogP contribution < -0.4 is 10.6 Å². The van der Waals surface area contributed by atoms with Crippen LogP contribution >= 0.6 is 11.6 Å². The third-order valence-corrected chi connectivity index (χ3v) is 4.10. The van der Waals surface area contributed by atoms with Crippen LogP contribution in [0.2, 0.25) is 5.02 Å². The van der Waals surface area contributed by atoms with Crippen LogP contribution in [0.1, 0.15) is 21.5 Å². The summed E-state index contributed by atoms with van der Waals surface area (Å²) in [6, 6.07) is 19.8. The number of carbonyl (C=O) groups is 1. The highest BCUT2D eigenvalue weighted by atomic mass is 35.5. The smallest absolute Gasteiger partial charge is 0.251 e. The molecular weight excluding hydrogens is 348 g/mol. The van der Waals surface area contributed by atoms with Crippen molar-refractivity contribution in [2.75, 3.05) is 5.32 Å². The molecule has 26 heavy (non-hydrogen) atoms. The Bertz CT molecular complexity index is 981. The van der Waals surface area contributed by atoms with E-state index in [1.54, 1.807) is 42.6 Å². The van der Waals surface area contributed by atoms with Gasteiger partial charge in [0.25, 0.3) is 5.91 Å². The monoisotopic (exact) mass is 362 g/mol. The van der Waals surface area contributed by atoms with Crippen molar-refractivity contribution in [3.63, 3.8) is 0 Å². The second kappa shape index (κ2) is 8.15. The quantitative estimate of drug-likeness (QED) is 0.710. The molecule has 0 saturated carbocycles. The number of nitriles is 1. The minimum atomic E-state index is -0.232. The van der Waals surface area contributed by atoms with Crippen molar-refractivity contribution >= 4 is 29.0 Å². The highest BCUT2D eigenvalue weighted by Crippen LogP contribution is 2.19. The summed E-state index contributed by atoms with van der Waals surface area (Å²) in [4.78, 5) is 16.6. The molecule has 0 radical (unpaired) electrons. The molecule has 0 bridgehead atoms. The second-order valence-corrected chi connectivity index (χ2v) is 5.89. The van der Waals surface area contributed by atoms with E-state index in [1.807, 2.05) is 24.3 Å². The van der Waals surface area contributed by atoms with Gasteiger partial charge in [-0.15, -0.1) is 0 Å². The fourth-order valence-corrected chi connectivity index (χ4v) is 2.59. The topological polar surface area (TPSA) is 77.8 Å². The van der Waals surface area contributed by atoms with Gasteiger partial charge < -0.3 is 10.6 Å². The normalized spacial score (nSPS) is 10.0. The highest BCUT2D eigenvalue weighted by molar-refractivity contribution is 6.31. The predicted octanol–water partition coefficient (Wildman–Crippen LogP) is 4.28. The van der Waals surface area contributed by atoms with Crippen LogP contribution in [0.15, 0.2) is 66.9 Å². The number of pyridine rings is 1. The predicted molar refractivity (Wildman–Crippen MR) is 101 cm³/mol. The third kappa shape index (κ3) is 4.18. The van der Waals surface area contributed by atoms with E-state index in [9.17, 15) is 4.79 Å². The van der Waals surface area contributed by atoms with E-state index in [0.717, 1.165) is 5.56 Å². The fraction of sp³-hybridized carbons (Fsp3) is 0.0500. The Kier molecular flexibility index (Phi) is 5.47. The molecule has 0 unspecified atom stereocenters. The number of rotatable bonds is 5. The number of halogens is 1. The Morgan fingerprint density at radius 1 is 1.12 bits per heavy atom. The summed E-state index contributed by atoms with van der Waals surface area (Å²) >= 11 is 6.10. The van der Waals surface area contributed by atoms with Gasteiger partial charge in [-0.3, -0.25) is 4.79 Å². The maximum atomic E-state index is 12.4. The molecule has 0 aliphatic heterocycles. The number of anilines is 2. The van der Waals surface area contributed by atoms with E-state index in [1.165, 1.54) is 0 Å². The number of nitrogens with zero attached hydrogens (tertiary/aromatic N) is 2. The van der Waals surface area contributed by atoms with Crippen molar-refractivity contribution in [1.82, 2.24) is 10.3 Å². The van der Waals surface area contributed by atoms with Crippen molar-refractivity contribution in [3.8, 4) is 6.07 Å². The van der Waals surface area contributed by atoms with E-state index in [-0.39, 0.29) is 5.91 Å². The van der Waals surface area contributed by atoms with E-state index in [2.05, 4.69) is 21.7 Å². The first-order valence-electron chi connectivity index (χ1n) is 7.91. The molecule has 6 heteroatoms. The number of carbonyl (C=O) groups excluding carboxylic acids is 1. The molecule has 2 N–H and O–H groups in total. The Hall–Kier alpha value is -3.36. The molecule has 0 saturated heterocycles. The van der Waals surface area contributed by atoms with Gasteiger partial charge in [-0.05, 0) is 35.9 Å². The molecule has 1 heterocycles. The maximum absolute atomic E-state index is 12.4. The summed E-state index contributed by atoms with van der Waals surface area (Å²) in [6.45, 7) is 0.334. The van der Waals surface area contributed by atoms with Gasteiger partial charge in [0, 0.05) is 23.3 Å². The molecule has 5 nitrogen and oxygen atoms in total. The zero-order valence-electron chi connectivity index (χ0n) is 13.7. The van der Waals surface area contributed by atoms with Gasteiger partial charge in [0.15, 0.2) is 0 Å². The summed E-state index contributed by atoms with van der Waals surface area (Å²) in [5.41, 5.74) is 2.45. The lowest BCUT2D eigenvalue weighted by Crippen LogP contribution is -2.23. The Morgan fingerprint density at radius 3 is 2.69 bits per heavy atom. The summed E-state index contributed by atoms with van der Waals surface area (Å²) in [5, 5.41) is 15.7. The number of aromatic nitrogens is 1. The van der Waals surface area contributed by atoms with Crippen LogP contribution in [0.25, 0.3) is 0 Å². The average Bonchev–Trinajstić information content (AvgIpc) is 2.68. The number of hydrogen-bond donors (Lipinski definition) is 2. The largest absolute Gasteiger partial charge is 0.348 e. The van der Waals surface area contributed by atoms with Crippen LogP contribution in [0.4, 0.5) is 11.5 Å². The Labute approximate surface area is 156 Å². The van der Waals surface area contributed by atoms with E-state index < -0.39 is 0 Å². The van der Waals surface area contributed by atoms with Crippen LogP contribution in [-0.4, -0.2) is 10.9 Å². The molecule has 0 aliphatic carbocycles. The van der Waals surface area contributed by atoms with Crippen LogP contribution in [0.5, 0.6) is 0 Å². The van der Waals surface area contributed by atoms with Gasteiger partial charge in [-0.25, -0.2) is 4.98 Å². The summed E-state index contributed by atoms with van der Waals surface area (Å²) in [5.74, 6) is 0.252. The SMILES string of the molecule is N#Cc1ccccc1Nc1cc(C(=O)NCc2ccccc2Cl)ccn1. The van der Waals surface area contributed by atoms with Gasteiger partial charge in [0.05, 0.1) is 11.3 Å². The standard InChI is InChI=1S/C20H15ClN4O/c21-17-7-3-1-6-16(17)13-24-20(26)14-9-10-23-19(11-14)25-18-8-4-2-5-15(18)12-22/h1-11H,13H2,(H,23,25)(H,24,26). The molecule has 3 aromatic rings. The van der Waals surface area contributed by atoms with Crippen molar-refractivity contribution in [2.45, 2.75) is 6.54 Å². The number of para-hydroxylation sites is 1. The van der Waals surface area contributed by atoms with Crippen LogP contribution in [-0.2, 0) is 6.54 Å². The minimum absolute atomic E-state index is 0.232. The van der Waals surface area contributed by atoms with Crippen molar-refractivity contribution in [2.24, 2.45) is 0 Å². The minimum Gasteiger partial charge on any atom is -0.348 e. The second-order valence-electron chi connectivity index (χ2n) is 5.49. The van der Waals surface area contributed by atoms with Gasteiger partial charge >= 0.3 is 0 Å². The fourth-order valence-electron chi connectivity index (χ4n) is 2.39. The summed E-state index contributed by atoms with van der Waals surface area (Å²) in [6.07, 6.45) is 1.54. The first-order chi connectivity index (χ1) is 12.7. The van der Waals surface area contributed by atoms with Gasteiger partial charge in [0.2, 0.25) is 0 Å².